The van der Waals surface area contributed by atoms with E-state index in [-0.39, 0.29) is 23.2 Å². The van der Waals surface area contributed by atoms with Gasteiger partial charge in [-0.2, -0.15) is 13.2 Å². The van der Waals surface area contributed by atoms with Gasteiger partial charge < -0.3 is 10.1 Å². The van der Waals surface area contributed by atoms with Crippen LogP contribution >= 0.6 is 11.8 Å². The molecule has 0 aliphatic heterocycles. The van der Waals surface area contributed by atoms with Crippen LogP contribution in [0.15, 0.2) is 29.2 Å². The monoisotopic (exact) mass is 331 g/mol. The van der Waals surface area contributed by atoms with Gasteiger partial charge in [-0.05, 0) is 50.7 Å². The van der Waals surface area contributed by atoms with Gasteiger partial charge in [0, 0.05) is 10.5 Å². The summed E-state index contributed by atoms with van der Waals surface area (Å²) in [5.74, 6) is 5.34. The lowest BCUT2D eigenvalue weighted by Gasteiger charge is -2.19. The first kappa shape index (κ1) is 18.2. The van der Waals surface area contributed by atoms with Gasteiger partial charge in [0.2, 0.25) is 0 Å². The number of hydrogen-bond acceptors (Lipinski definition) is 3. The van der Waals surface area contributed by atoms with Crippen LogP contribution in [0, 0.1) is 11.8 Å². The summed E-state index contributed by atoms with van der Waals surface area (Å²) in [7, 11) is 0. The number of halogens is 3. The number of carbonyl (C=O) groups excluding carboxylic acids is 1. The molecule has 1 aromatic carbocycles. The van der Waals surface area contributed by atoms with E-state index < -0.39 is 17.2 Å². The number of thioether (sulfide) groups is 1. The minimum atomic E-state index is -4.33. The van der Waals surface area contributed by atoms with E-state index in [1.807, 2.05) is 0 Å². The van der Waals surface area contributed by atoms with E-state index in [1.165, 1.54) is 18.2 Å². The fourth-order valence-electron chi connectivity index (χ4n) is 1.35. The van der Waals surface area contributed by atoms with E-state index in [2.05, 4.69) is 17.2 Å². The molecular weight excluding hydrogens is 315 g/mol. The van der Waals surface area contributed by atoms with Crippen molar-refractivity contribution in [2.75, 3.05) is 6.54 Å². The van der Waals surface area contributed by atoms with Crippen LogP contribution in [0.25, 0.3) is 0 Å². The lowest BCUT2D eigenvalue weighted by molar-refractivity contribution is -0.0328. The number of ether oxygens (including phenoxy) is 1. The summed E-state index contributed by atoms with van der Waals surface area (Å²) in [5, 5.41) is 2.44. The van der Waals surface area contributed by atoms with Crippen LogP contribution in [-0.2, 0) is 4.74 Å². The maximum Gasteiger partial charge on any atom is 0.446 e. The molecule has 0 radical (unpaired) electrons. The van der Waals surface area contributed by atoms with Crippen molar-refractivity contribution < 1.29 is 22.7 Å². The minimum Gasteiger partial charge on any atom is -0.444 e. The van der Waals surface area contributed by atoms with E-state index in [9.17, 15) is 18.0 Å². The third-order valence-electron chi connectivity index (χ3n) is 2.02. The quantitative estimate of drug-likeness (QED) is 0.653. The van der Waals surface area contributed by atoms with Crippen LogP contribution in [-0.4, -0.2) is 23.7 Å². The molecule has 0 atom stereocenters. The molecule has 1 amide bonds. The average Bonchev–Trinajstić information content (AvgIpc) is 2.31. The first-order valence-electron chi connectivity index (χ1n) is 6.37. The number of hydrogen-bond donors (Lipinski definition) is 1. The molecule has 0 bridgehead atoms. The Morgan fingerprint density at radius 1 is 1.32 bits per heavy atom. The maximum atomic E-state index is 12.3. The number of alkyl halides is 3. The summed E-state index contributed by atoms with van der Waals surface area (Å²) >= 11 is -0.192. The second-order valence-corrected chi connectivity index (χ2v) is 6.37. The molecule has 0 fully saturated rings. The van der Waals surface area contributed by atoms with Crippen molar-refractivity contribution in [2.24, 2.45) is 0 Å². The zero-order valence-corrected chi connectivity index (χ0v) is 13.2. The maximum absolute atomic E-state index is 12.3. The van der Waals surface area contributed by atoms with Gasteiger partial charge in [0.15, 0.2) is 0 Å². The van der Waals surface area contributed by atoms with E-state index in [4.69, 9.17) is 4.74 Å². The first-order valence-corrected chi connectivity index (χ1v) is 7.18. The summed E-state index contributed by atoms with van der Waals surface area (Å²) < 4.78 is 41.8. The summed E-state index contributed by atoms with van der Waals surface area (Å²) in [6.45, 7) is 5.26. The summed E-state index contributed by atoms with van der Waals surface area (Å²) in [6, 6.07) is 5.81. The Kier molecular flexibility index (Phi) is 6.18. The van der Waals surface area contributed by atoms with Crippen molar-refractivity contribution >= 4 is 17.9 Å². The van der Waals surface area contributed by atoms with Crippen LogP contribution in [0.1, 0.15) is 26.3 Å². The highest BCUT2D eigenvalue weighted by molar-refractivity contribution is 8.00. The number of alkyl carbamates (subject to hydrolysis) is 1. The van der Waals surface area contributed by atoms with Gasteiger partial charge >= 0.3 is 11.6 Å². The van der Waals surface area contributed by atoms with Gasteiger partial charge in [-0.15, -0.1) is 0 Å². The lowest BCUT2D eigenvalue weighted by Crippen LogP contribution is -2.32. The third kappa shape index (κ3) is 8.47. The number of nitrogens with one attached hydrogen (secondary N) is 1. The molecule has 1 aromatic rings. The summed E-state index contributed by atoms with van der Waals surface area (Å²) in [6.07, 6.45) is -0.594. The van der Waals surface area contributed by atoms with E-state index in [0.29, 0.717) is 5.56 Å². The predicted octanol–water partition coefficient (Wildman–Crippen LogP) is 4.17. The van der Waals surface area contributed by atoms with Gasteiger partial charge in [0.25, 0.3) is 0 Å². The van der Waals surface area contributed by atoms with Gasteiger partial charge in [-0.3, -0.25) is 0 Å². The largest absolute Gasteiger partial charge is 0.446 e. The first-order chi connectivity index (χ1) is 10.1. The van der Waals surface area contributed by atoms with E-state index in [1.54, 1.807) is 26.8 Å². The SMILES string of the molecule is CC(C)(C)OC(=O)NCC#Cc1cccc(SC(F)(F)F)c1. The molecule has 0 aliphatic rings. The second kappa shape index (κ2) is 7.45. The molecule has 1 N–H and O–H groups in total. The fraction of sp³-hybridized carbons (Fsp3) is 0.400. The van der Waals surface area contributed by atoms with E-state index >= 15 is 0 Å². The zero-order valence-electron chi connectivity index (χ0n) is 12.4. The van der Waals surface area contributed by atoms with Crippen molar-refractivity contribution in [3.05, 3.63) is 29.8 Å². The number of carbonyl (C=O) groups is 1. The Morgan fingerprint density at radius 2 is 2.00 bits per heavy atom. The lowest BCUT2D eigenvalue weighted by atomic mass is 10.2. The molecule has 120 valence electrons. The van der Waals surface area contributed by atoms with Crippen molar-refractivity contribution in [1.29, 1.82) is 0 Å². The molecular formula is C15H16F3NO2S. The van der Waals surface area contributed by atoms with Gasteiger partial charge in [-0.1, -0.05) is 17.9 Å². The molecule has 0 heterocycles. The van der Waals surface area contributed by atoms with Gasteiger partial charge in [0.1, 0.15) is 5.60 Å². The minimum absolute atomic E-state index is 0.0472. The molecule has 0 aromatic heterocycles. The summed E-state index contributed by atoms with van der Waals surface area (Å²) in [4.78, 5) is 11.4. The van der Waals surface area contributed by atoms with Crippen molar-refractivity contribution in [1.82, 2.24) is 5.32 Å². The third-order valence-corrected chi connectivity index (χ3v) is 2.74. The highest BCUT2D eigenvalue weighted by Crippen LogP contribution is 2.36. The standard InChI is InChI=1S/C15H16F3NO2S/c1-14(2,3)21-13(20)19-9-5-7-11-6-4-8-12(10-11)22-15(16,17)18/h4,6,8,10H,9H2,1-3H3,(H,19,20). The molecule has 0 saturated carbocycles. The van der Waals surface area contributed by atoms with Crippen LogP contribution in [0.5, 0.6) is 0 Å². The van der Waals surface area contributed by atoms with Crippen molar-refractivity contribution in [3.8, 4) is 11.8 Å². The molecule has 0 spiro atoms. The van der Waals surface area contributed by atoms with Gasteiger partial charge in [0.05, 0.1) is 6.54 Å². The topological polar surface area (TPSA) is 38.3 Å². The Labute approximate surface area is 131 Å². The number of benzene rings is 1. The molecule has 3 nitrogen and oxygen atoms in total. The van der Waals surface area contributed by atoms with Gasteiger partial charge in [-0.25, -0.2) is 4.79 Å². The van der Waals surface area contributed by atoms with Crippen molar-refractivity contribution in [3.63, 3.8) is 0 Å². The molecule has 0 unspecified atom stereocenters. The molecule has 0 saturated heterocycles. The Bertz CT molecular complexity index is 583. The van der Waals surface area contributed by atoms with E-state index in [0.717, 1.165) is 0 Å². The zero-order chi connectivity index (χ0) is 16.8. The molecule has 22 heavy (non-hydrogen) atoms. The second-order valence-electron chi connectivity index (χ2n) is 5.23. The number of amides is 1. The average molecular weight is 331 g/mol. The Balaban J connectivity index is 2.55. The molecule has 7 heteroatoms. The molecule has 0 aliphatic carbocycles. The Morgan fingerprint density at radius 3 is 2.59 bits per heavy atom. The summed E-state index contributed by atoms with van der Waals surface area (Å²) in [5.41, 5.74) is -4.48. The van der Waals surface area contributed by atoms with Crippen LogP contribution in [0.2, 0.25) is 0 Å². The highest BCUT2D eigenvalue weighted by atomic mass is 32.2. The van der Waals surface area contributed by atoms with Crippen LogP contribution < -0.4 is 5.32 Å². The van der Waals surface area contributed by atoms with Crippen molar-refractivity contribution in [2.45, 2.75) is 36.8 Å². The van der Waals surface area contributed by atoms with Crippen LogP contribution in [0.4, 0.5) is 18.0 Å². The van der Waals surface area contributed by atoms with Crippen LogP contribution in [0.3, 0.4) is 0 Å². The smallest absolute Gasteiger partial charge is 0.444 e. The predicted molar refractivity (Wildman–Crippen MR) is 79.5 cm³/mol. The normalized spacial score (nSPS) is 11.4. The molecule has 1 rings (SSSR count). The Hall–Kier alpha value is -1.81. The fourth-order valence-corrected chi connectivity index (χ4v) is 1.95. The number of rotatable bonds is 2. The highest BCUT2D eigenvalue weighted by Gasteiger charge is 2.29.